The van der Waals surface area contributed by atoms with Crippen LogP contribution in [0, 0.1) is 10.1 Å². The minimum absolute atomic E-state index is 0. The lowest BCUT2D eigenvalue weighted by atomic mass is 10.2. The second-order valence-electron chi connectivity index (χ2n) is 6.46. The van der Waals surface area contributed by atoms with E-state index >= 15 is 0 Å². The van der Waals surface area contributed by atoms with Gasteiger partial charge in [-0.2, -0.15) is 0 Å². The van der Waals surface area contributed by atoms with Gasteiger partial charge in [0.1, 0.15) is 5.75 Å². The molecule has 8 nitrogen and oxygen atoms in total. The van der Waals surface area contributed by atoms with Crippen LogP contribution in [0.5, 0.6) is 5.75 Å². The highest BCUT2D eigenvalue weighted by molar-refractivity contribution is 14.0. The smallest absolute Gasteiger partial charge is 0.274 e. The molecule has 2 aromatic carbocycles. The third kappa shape index (κ3) is 5.72. The molecule has 0 radical (unpaired) electrons. The number of piperazine rings is 1. The molecule has 0 atom stereocenters. The number of nitrogens with zero attached hydrogens (tertiary/aromatic N) is 4. The zero-order chi connectivity index (χ0) is 19.9. The van der Waals surface area contributed by atoms with Crippen molar-refractivity contribution in [1.82, 2.24) is 10.2 Å². The van der Waals surface area contributed by atoms with E-state index in [1.54, 1.807) is 32.4 Å². The molecule has 0 unspecified atom stereocenters. The van der Waals surface area contributed by atoms with Crippen LogP contribution in [-0.4, -0.2) is 56.1 Å². The Morgan fingerprint density at radius 1 is 1.17 bits per heavy atom. The number of nitro groups is 1. The van der Waals surface area contributed by atoms with E-state index in [-0.39, 0.29) is 34.6 Å². The SMILES string of the molecule is CN=C(NCc1ccccc1[N+](=O)[O-])N1CCN(c2cccc(OC)c2)CC1.I. The van der Waals surface area contributed by atoms with Crippen LogP contribution in [0.2, 0.25) is 0 Å². The fourth-order valence-corrected chi connectivity index (χ4v) is 3.33. The maximum atomic E-state index is 11.2. The van der Waals surface area contributed by atoms with Crippen molar-refractivity contribution >= 4 is 41.3 Å². The number of ether oxygens (including phenoxy) is 1. The Labute approximate surface area is 187 Å². The molecule has 1 heterocycles. The second-order valence-corrected chi connectivity index (χ2v) is 6.46. The summed E-state index contributed by atoms with van der Waals surface area (Å²) in [6, 6.07) is 14.8. The van der Waals surface area contributed by atoms with Crippen LogP contribution in [0.25, 0.3) is 0 Å². The number of hydrogen-bond donors (Lipinski definition) is 1. The zero-order valence-corrected chi connectivity index (χ0v) is 18.9. The minimum atomic E-state index is -0.354. The number of methoxy groups -OCH3 is 1. The molecule has 0 saturated carbocycles. The van der Waals surface area contributed by atoms with Crippen LogP contribution in [-0.2, 0) is 6.54 Å². The molecule has 29 heavy (non-hydrogen) atoms. The molecule has 1 N–H and O–H groups in total. The van der Waals surface area contributed by atoms with Gasteiger partial charge in [-0.1, -0.05) is 24.3 Å². The number of halogens is 1. The van der Waals surface area contributed by atoms with Gasteiger partial charge in [-0.25, -0.2) is 0 Å². The zero-order valence-electron chi connectivity index (χ0n) is 16.6. The van der Waals surface area contributed by atoms with Crippen LogP contribution < -0.4 is 15.0 Å². The van der Waals surface area contributed by atoms with Crippen molar-refractivity contribution in [2.75, 3.05) is 45.2 Å². The van der Waals surface area contributed by atoms with Gasteiger partial charge in [0.2, 0.25) is 0 Å². The number of nitrogens with one attached hydrogen (secondary N) is 1. The van der Waals surface area contributed by atoms with E-state index in [0.717, 1.165) is 43.6 Å². The van der Waals surface area contributed by atoms with Crippen molar-refractivity contribution in [3.63, 3.8) is 0 Å². The van der Waals surface area contributed by atoms with Gasteiger partial charge in [0.15, 0.2) is 5.96 Å². The third-order valence-electron chi connectivity index (χ3n) is 4.83. The van der Waals surface area contributed by atoms with Gasteiger partial charge in [0.25, 0.3) is 5.69 Å². The van der Waals surface area contributed by atoms with Gasteiger partial charge in [0.05, 0.1) is 12.0 Å². The number of guanidine groups is 1. The first-order valence-corrected chi connectivity index (χ1v) is 9.19. The largest absolute Gasteiger partial charge is 0.497 e. The Balaban J connectivity index is 0.00000300. The average Bonchev–Trinajstić information content (AvgIpc) is 2.75. The first kappa shape index (κ1) is 22.7. The molecule has 0 amide bonds. The predicted molar refractivity (Wildman–Crippen MR) is 125 cm³/mol. The molecule has 1 aliphatic rings. The van der Waals surface area contributed by atoms with E-state index in [9.17, 15) is 10.1 Å². The number of hydrogen-bond acceptors (Lipinski definition) is 5. The summed E-state index contributed by atoms with van der Waals surface area (Å²) >= 11 is 0. The molecule has 1 saturated heterocycles. The Morgan fingerprint density at radius 3 is 2.55 bits per heavy atom. The van der Waals surface area contributed by atoms with Crippen LogP contribution in [0.15, 0.2) is 53.5 Å². The maximum Gasteiger partial charge on any atom is 0.274 e. The van der Waals surface area contributed by atoms with Gasteiger partial charge in [-0.3, -0.25) is 15.1 Å². The molecule has 156 valence electrons. The van der Waals surface area contributed by atoms with Gasteiger partial charge in [-0.15, -0.1) is 24.0 Å². The van der Waals surface area contributed by atoms with Crippen molar-refractivity contribution in [3.8, 4) is 5.75 Å². The van der Waals surface area contributed by atoms with Gasteiger partial charge < -0.3 is 19.9 Å². The molecule has 9 heteroatoms. The summed E-state index contributed by atoms with van der Waals surface area (Å²) in [7, 11) is 3.40. The first-order chi connectivity index (χ1) is 13.6. The number of anilines is 1. The average molecular weight is 511 g/mol. The number of nitro benzene ring substituents is 1. The molecular weight excluding hydrogens is 485 g/mol. The Kier molecular flexibility index (Phi) is 8.50. The van der Waals surface area contributed by atoms with Crippen LogP contribution in [0.1, 0.15) is 5.56 Å². The third-order valence-corrected chi connectivity index (χ3v) is 4.83. The molecule has 0 bridgehead atoms. The van der Waals surface area contributed by atoms with E-state index in [1.165, 1.54) is 6.07 Å². The summed E-state index contributed by atoms with van der Waals surface area (Å²) in [6.07, 6.45) is 0. The van der Waals surface area contributed by atoms with Crippen molar-refractivity contribution in [3.05, 3.63) is 64.2 Å². The monoisotopic (exact) mass is 511 g/mol. The summed E-state index contributed by atoms with van der Waals surface area (Å²) in [5.41, 5.74) is 1.90. The fraction of sp³-hybridized carbons (Fsp3) is 0.350. The van der Waals surface area contributed by atoms with E-state index in [0.29, 0.717) is 12.1 Å². The number of rotatable bonds is 5. The topological polar surface area (TPSA) is 83.2 Å². The fourth-order valence-electron chi connectivity index (χ4n) is 3.33. The number of aliphatic imine (C=N–C) groups is 1. The Hall–Kier alpha value is -2.56. The lowest BCUT2D eigenvalue weighted by molar-refractivity contribution is -0.385. The molecule has 2 aromatic rings. The molecule has 0 aliphatic carbocycles. The van der Waals surface area contributed by atoms with Gasteiger partial charge in [0, 0.05) is 63.2 Å². The van der Waals surface area contributed by atoms with Crippen LogP contribution in [0.4, 0.5) is 11.4 Å². The molecular formula is C20H26IN5O3. The van der Waals surface area contributed by atoms with E-state index in [4.69, 9.17) is 4.74 Å². The normalized spacial score (nSPS) is 14.2. The molecule has 0 spiro atoms. The summed E-state index contributed by atoms with van der Waals surface area (Å²) in [5.74, 6) is 1.60. The standard InChI is InChI=1S/C20H25N5O3.HI/c1-21-20(22-15-16-6-3-4-9-19(16)25(26)27)24-12-10-23(11-13-24)17-7-5-8-18(14-17)28-2;/h3-9,14H,10-13,15H2,1-2H3,(H,21,22);1H. The first-order valence-electron chi connectivity index (χ1n) is 9.19. The van der Waals surface area contributed by atoms with E-state index < -0.39 is 0 Å². The van der Waals surface area contributed by atoms with E-state index in [1.807, 2.05) is 18.2 Å². The molecule has 0 aromatic heterocycles. The minimum Gasteiger partial charge on any atom is -0.497 e. The van der Waals surface area contributed by atoms with Gasteiger partial charge >= 0.3 is 0 Å². The summed E-state index contributed by atoms with van der Waals surface area (Å²) < 4.78 is 5.31. The quantitative estimate of drug-likeness (QED) is 0.219. The predicted octanol–water partition coefficient (Wildman–Crippen LogP) is 3.12. The molecule has 3 rings (SSSR count). The lowest BCUT2D eigenvalue weighted by Crippen LogP contribution is -2.52. The second kappa shape index (κ2) is 10.8. The molecule has 1 aliphatic heterocycles. The van der Waals surface area contributed by atoms with Crippen molar-refractivity contribution in [2.24, 2.45) is 4.99 Å². The maximum absolute atomic E-state index is 11.2. The summed E-state index contributed by atoms with van der Waals surface area (Å²) in [5, 5.41) is 14.4. The summed E-state index contributed by atoms with van der Waals surface area (Å²) in [4.78, 5) is 19.7. The summed E-state index contributed by atoms with van der Waals surface area (Å²) in [6.45, 7) is 3.71. The van der Waals surface area contributed by atoms with Crippen molar-refractivity contribution in [2.45, 2.75) is 6.54 Å². The Bertz CT molecular complexity index is 854. The van der Waals surface area contributed by atoms with Crippen LogP contribution in [0.3, 0.4) is 0 Å². The molecule has 1 fully saturated rings. The lowest BCUT2D eigenvalue weighted by Gasteiger charge is -2.37. The highest BCUT2D eigenvalue weighted by Gasteiger charge is 2.21. The highest BCUT2D eigenvalue weighted by Crippen LogP contribution is 2.22. The van der Waals surface area contributed by atoms with Crippen molar-refractivity contribution in [1.29, 1.82) is 0 Å². The Morgan fingerprint density at radius 2 is 1.90 bits per heavy atom. The number of benzene rings is 2. The highest BCUT2D eigenvalue weighted by atomic mass is 127. The van der Waals surface area contributed by atoms with Gasteiger partial charge in [-0.05, 0) is 12.1 Å². The van der Waals surface area contributed by atoms with Crippen LogP contribution >= 0.6 is 24.0 Å². The number of para-hydroxylation sites is 1. The van der Waals surface area contributed by atoms with Crippen molar-refractivity contribution < 1.29 is 9.66 Å². The van der Waals surface area contributed by atoms with E-state index in [2.05, 4.69) is 26.2 Å².